The zero-order chi connectivity index (χ0) is 21.5. The quantitative estimate of drug-likeness (QED) is 0.411. The molecule has 0 bridgehead atoms. The van der Waals surface area contributed by atoms with Crippen LogP contribution in [0.2, 0.25) is 5.15 Å². The second kappa shape index (κ2) is 8.00. The molecule has 3 aromatic heterocycles. The van der Waals surface area contributed by atoms with Crippen LogP contribution in [0.1, 0.15) is 44.0 Å². The Labute approximate surface area is 187 Å². The highest BCUT2D eigenvalue weighted by Crippen LogP contribution is 2.40. The van der Waals surface area contributed by atoms with Crippen molar-refractivity contribution in [3.8, 4) is 5.82 Å². The molecule has 7 heteroatoms. The van der Waals surface area contributed by atoms with Gasteiger partial charge in [-0.3, -0.25) is 9.25 Å². The third-order valence-electron chi connectivity index (χ3n) is 5.95. The Kier molecular flexibility index (Phi) is 5.18. The molecule has 31 heavy (non-hydrogen) atoms. The summed E-state index contributed by atoms with van der Waals surface area (Å²) in [6.07, 6.45) is 4.00. The number of aromatic nitrogens is 5. The molecule has 1 aliphatic heterocycles. The fourth-order valence-corrected chi connectivity index (χ4v) is 4.97. The van der Waals surface area contributed by atoms with Gasteiger partial charge in [0.25, 0.3) is 0 Å². The number of para-hydroxylation sites is 2. The van der Waals surface area contributed by atoms with Crippen LogP contribution in [-0.2, 0) is 6.54 Å². The van der Waals surface area contributed by atoms with Gasteiger partial charge in [0.15, 0.2) is 0 Å². The maximum atomic E-state index is 6.83. The number of nitrogens with zero attached hydrogens (tertiary/aromatic N) is 6. The second-order valence-corrected chi connectivity index (χ2v) is 9.03. The first-order valence-corrected chi connectivity index (χ1v) is 11.3. The molecule has 160 valence electrons. The lowest BCUT2D eigenvalue weighted by molar-refractivity contribution is 0.481. The summed E-state index contributed by atoms with van der Waals surface area (Å²) in [7, 11) is 0. The Morgan fingerprint density at radius 1 is 1.10 bits per heavy atom. The van der Waals surface area contributed by atoms with Crippen molar-refractivity contribution >= 4 is 28.5 Å². The van der Waals surface area contributed by atoms with Crippen LogP contribution in [0, 0.1) is 12.8 Å². The number of fused-ring (bicyclic) bond motifs is 1. The first-order valence-electron chi connectivity index (χ1n) is 10.9. The highest BCUT2D eigenvalue weighted by molar-refractivity contribution is 6.30. The van der Waals surface area contributed by atoms with Gasteiger partial charge >= 0.3 is 0 Å². The second-order valence-electron chi connectivity index (χ2n) is 8.67. The van der Waals surface area contributed by atoms with E-state index in [0.29, 0.717) is 5.92 Å². The molecule has 0 N–H and O–H groups in total. The monoisotopic (exact) mass is 434 g/mol. The van der Waals surface area contributed by atoms with Crippen molar-refractivity contribution in [1.29, 1.82) is 0 Å². The van der Waals surface area contributed by atoms with Gasteiger partial charge in [-0.05, 0) is 49.9 Å². The Bertz CT molecular complexity index is 1220. The van der Waals surface area contributed by atoms with Crippen LogP contribution in [0.3, 0.4) is 0 Å². The number of imidazole rings is 1. The molecule has 0 aliphatic carbocycles. The van der Waals surface area contributed by atoms with Gasteiger partial charge in [0.2, 0.25) is 0 Å². The lowest BCUT2D eigenvalue weighted by atomic mass is 10.1. The van der Waals surface area contributed by atoms with E-state index in [4.69, 9.17) is 21.7 Å². The van der Waals surface area contributed by atoms with Gasteiger partial charge in [0.05, 0.1) is 22.8 Å². The first kappa shape index (κ1) is 20.1. The summed E-state index contributed by atoms with van der Waals surface area (Å²) in [6, 6.07) is 14.5. The number of aryl methyl sites for hydroxylation is 1. The Morgan fingerprint density at radius 2 is 1.90 bits per heavy atom. The standard InChI is InChI=1S/C24H27ClN6/c1-16(2)14-31-24(25)23(17(3)28-31)20-10-7-13-29(20)21-11-6-12-22(27-21)30-15-26-18-8-4-5-9-19(18)30/h4-6,8-9,11-12,15-16,20H,7,10,13-14H2,1-3H3. The van der Waals surface area contributed by atoms with E-state index in [1.165, 1.54) is 0 Å². The van der Waals surface area contributed by atoms with E-state index in [9.17, 15) is 0 Å². The molecule has 0 spiro atoms. The minimum atomic E-state index is 0.190. The van der Waals surface area contributed by atoms with Crippen LogP contribution >= 0.6 is 11.6 Å². The Hall–Kier alpha value is -2.86. The van der Waals surface area contributed by atoms with Crippen molar-refractivity contribution in [2.24, 2.45) is 5.92 Å². The molecule has 1 aliphatic rings. The minimum Gasteiger partial charge on any atom is -0.349 e. The Balaban J connectivity index is 1.51. The van der Waals surface area contributed by atoms with Crippen molar-refractivity contribution in [3.63, 3.8) is 0 Å². The first-order chi connectivity index (χ1) is 15.0. The topological polar surface area (TPSA) is 51.8 Å². The largest absolute Gasteiger partial charge is 0.349 e. The average molecular weight is 435 g/mol. The van der Waals surface area contributed by atoms with Crippen LogP contribution in [0.25, 0.3) is 16.9 Å². The number of rotatable bonds is 5. The van der Waals surface area contributed by atoms with E-state index < -0.39 is 0 Å². The van der Waals surface area contributed by atoms with E-state index in [1.54, 1.807) is 0 Å². The number of anilines is 1. The normalized spacial score (nSPS) is 16.7. The summed E-state index contributed by atoms with van der Waals surface area (Å²) in [5.41, 5.74) is 4.17. The van der Waals surface area contributed by atoms with Gasteiger partial charge in [-0.15, -0.1) is 0 Å². The molecule has 1 saturated heterocycles. The fraction of sp³-hybridized carbons (Fsp3) is 0.375. The predicted octanol–water partition coefficient (Wildman–Crippen LogP) is 5.58. The minimum absolute atomic E-state index is 0.190. The molecule has 1 atom stereocenters. The summed E-state index contributed by atoms with van der Waals surface area (Å²) in [6.45, 7) is 8.22. The number of halogens is 1. The zero-order valence-corrected chi connectivity index (χ0v) is 18.9. The number of hydrogen-bond donors (Lipinski definition) is 0. The maximum Gasteiger partial charge on any atom is 0.140 e. The molecule has 1 unspecified atom stereocenters. The van der Waals surface area contributed by atoms with Crippen LogP contribution in [0.15, 0.2) is 48.8 Å². The van der Waals surface area contributed by atoms with E-state index >= 15 is 0 Å². The van der Waals surface area contributed by atoms with E-state index in [-0.39, 0.29) is 6.04 Å². The smallest absolute Gasteiger partial charge is 0.140 e. The number of hydrogen-bond acceptors (Lipinski definition) is 4. The van der Waals surface area contributed by atoms with Gasteiger partial charge in [0.1, 0.15) is 23.1 Å². The Morgan fingerprint density at radius 3 is 2.74 bits per heavy atom. The lowest BCUT2D eigenvalue weighted by Gasteiger charge is -2.26. The number of pyridine rings is 1. The van der Waals surface area contributed by atoms with Gasteiger partial charge in [0, 0.05) is 18.7 Å². The van der Waals surface area contributed by atoms with E-state index in [2.05, 4.69) is 48.9 Å². The molecular formula is C24H27ClN6. The summed E-state index contributed by atoms with van der Waals surface area (Å²) >= 11 is 6.83. The molecule has 0 saturated carbocycles. The van der Waals surface area contributed by atoms with E-state index in [0.717, 1.165) is 65.0 Å². The molecule has 6 nitrogen and oxygen atoms in total. The molecule has 5 rings (SSSR count). The molecule has 4 aromatic rings. The predicted molar refractivity (Wildman–Crippen MR) is 125 cm³/mol. The van der Waals surface area contributed by atoms with Gasteiger partial charge < -0.3 is 4.90 Å². The van der Waals surface area contributed by atoms with Crippen molar-refractivity contribution < 1.29 is 0 Å². The highest BCUT2D eigenvalue weighted by atomic mass is 35.5. The summed E-state index contributed by atoms with van der Waals surface area (Å²) in [4.78, 5) is 11.9. The van der Waals surface area contributed by atoms with Gasteiger partial charge in [-0.1, -0.05) is 43.6 Å². The lowest BCUT2D eigenvalue weighted by Crippen LogP contribution is -2.24. The van der Waals surface area contributed by atoms with Crippen LogP contribution < -0.4 is 4.90 Å². The molecule has 0 amide bonds. The van der Waals surface area contributed by atoms with Crippen molar-refractivity contribution in [3.05, 3.63) is 65.2 Å². The highest BCUT2D eigenvalue weighted by Gasteiger charge is 2.32. The molecular weight excluding hydrogens is 408 g/mol. The fourth-order valence-electron chi connectivity index (χ4n) is 4.60. The SMILES string of the molecule is Cc1nn(CC(C)C)c(Cl)c1C1CCCN1c1cccc(-n2cnc3ccccc32)n1. The van der Waals surface area contributed by atoms with E-state index in [1.807, 2.05) is 39.8 Å². The number of benzene rings is 1. The van der Waals surface area contributed by atoms with Crippen molar-refractivity contribution in [1.82, 2.24) is 24.3 Å². The van der Waals surface area contributed by atoms with Gasteiger partial charge in [-0.25, -0.2) is 9.97 Å². The third-order valence-corrected chi connectivity index (χ3v) is 6.35. The zero-order valence-electron chi connectivity index (χ0n) is 18.2. The summed E-state index contributed by atoms with van der Waals surface area (Å²) in [5, 5.41) is 5.50. The van der Waals surface area contributed by atoms with Crippen molar-refractivity contribution in [2.45, 2.75) is 46.2 Å². The van der Waals surface area contributed by atoms with Crippen LogP contribution in [-0.4, -0.2) is 30.9 Å². The van der Waals surface area contributed by atoms with Crippen LogP contribution in [0.4, 0.5) is 5.82 Å². The van der Waals surface area contributed by atoms with Crippen molar-refractivity contribution in [2.75, 3.05) is 11.4 Å². The molecule has 1 fully saturated rings. The van der Waals surface area contributed by atoms with Crippen LogP contribution in [0.5, 0.6) is 0 Å². The maximum absolute atomic E-state index is 6.83. The summed E-state index contributed by atoms with van der Waals surface area (Å²) in [5.74, 6) is 2.33. The molecule has 1 aromatic carbocycles. The average Bonchev–Trinajstić information content (AvgIpc) is 3.46. The van der Waals surface area contributed by atoms with Gasteiger partial charge in [-0.2, -0.15) is 5.10 Å². The summed E-state index contributed by atoms with van der Waals surface area (Å²) < 4.78 is 4.00. The molecule has 4 heterocycles. The third kappa shape index (κ3) is 3.59. The molecule has 0 radical (unpaired) electrons.